The van der Waals surface area contributed by atoms with Gasteiger partial charge in [0.15, 0.2) is 23.2 Å². The summed E-state index contributed by atoms with van der Waals surface area (Å²) in [5.41, 5.74) is 0.505. The number of ether oxygens (including phenoxy) is 3. The van der Waals surface area contributed by atoms with E-state index in [1.165, 1.54) is 18.2 Å². The van der Waals surface area contributed by atoms with Crippen LogP contribution in [-0.2, 0) is 24.4 Å². The minimum atomic E-state index is -1.19. The van der Waals surface area contributed by atoms with Crippen LogP contribution in [0.2, 0.25) is 5.02 Å². The fourth-order valence-electron chi connectivity index (χ4n) is 5.12. The molecular weight excluding hydrogens is 572 g/mol. The largest absolute Gasteiger partial charge is 0.483 e. The Hall–Kier alpha value is -3.87. The predicted octanol–water partition coefficient (Wildman–Crippen LogP) is 4.87. The summed E-state index contributed by atoms with van der Waals surface area (Å²) in [5.74, 6) is -0.925. The zero-order chi connectivity index (χ0) is 29.2. The first-order chi connectivity index (χ1) is 20.3. The Morgan fingerprint density at radius 3 is 2.62 bits per heavy atom. The van der Waals surface area contributed by atoms with Gasteiger partial charge >= 0.3 is 5.97 Å². The molecule has 42 heavy (non-hydrogen) atoms. The van der Waals surface area contributed by atoms with Crippen LogP contribution in [0.3, 0.4) is 0 Å². The van der Waals surface area contributed by atoms with Crippen molar-refractivity contribution in [2.45, 2.75) is 51.2 Å². The van der Waals surface area contributed by atoms with Crippen molar-refractivity contribution in [2.75, 3.05) is 19.7 Å². The third-order valence-corrected chi connectivity index (χ3v) is 7.67. The van der Waals surface area contributed by atoms with E-state index < -0.39 is 17.6 Å². The van der Waals surface area contributed by atoms with Crippen molar-refractivity contribution in [3.05, 3.63) is 76.5 Å². The number of carbonyl (C=O) groups is 1. The summed E-state index contributed by atoms with van der Waals surface area (Å²) in [6.07, 6.45) is 3.84. The van der Waals surface area contributed by atoms with Crippen LogP contribution in [0, 0.1) is 11.6 Å². The Morgan fingerprint density at radius 2 is 1.90 bits per heavy atom. The highest BCUT2D eigenvalue weighted by Gasteiger charge is 2.27. The number of hydrogen-bond acceptors (Lipinski definition) is 8. The second-order valence-electron chi connectivity index (χ2n) is 10.3. The molecule has 13 heteroatoms. The second-order valence-corrected chi connectivity index (χ2v) is 10.8. The lowest BCUT2D eigenvalue weighted by Crippen LogP contribution is -2.39. The SMILES string of the molecule is O=C(O)c1cc(F)c2nc(CN3CCC(Oc4ccnc(COc5ccc(Cl)cc5F)n4)CC3)n(C[C@@H]3CCO3)c2c1. The fourth-order valence-corrected chi connectivity index (χ4v) is 5.27. The molecule has 2 aliphatic heterocycles. The molecule has 1 N–H and O–H groups in total. The molecule has 0 amide bonds. The van der Waals surface area contributed by atoms with E-state index >= 15 is 0 Å². The molecule has 0 radical (unpaired) electrons. The first kappa shape index (κ1) is 28.3. The average molecular weight is 600 g/mol. The summed E-state index contributed by atoms with van der Waals surface area (Å²) in [7, 11) is 0. The lowest BCUT2D eigenvalue weighted by molar-refractivity contribution is -0.0592. The lowest BCUT2D eigenvalue weighted by Gasteiger charge is -2.32. The van der Waals surface area contributed by atoms with Gasteiger partial charge in [0.1, 0.15) is 24.1 Å². The van der Waals surface area contributed by atoms with Gasteiger partial charge in [-0.25, -0.2) is 23.5 Å². The van der Waals surface area contributed by atoms with Crippen molar-refractivity contribution >= 4 is 28.6 Å². The fraction of sp³-hybridized carbons (Fsp3) is 0.379. The minimum Gasteiger partial charge on any atom is -0.483 e. The van der Waals surface area contributed by atoms with Gasteiger partial charge in [-0.3, -0.25) is 4.90 Å². The van der Waals surface area contributed by atoms with Crippen molar-refractivity contribution in [1.29, 1.82) is 0 Å². The molecule has 0 unspecified atom stereocenters. The minimum absolute atomic E-state index is 0.00908. The lowest BCUT2D eigenvalue weighted by atomic mass is 10.1. The molecule has 2 saturated heterocycles. The van der Waals surface area contributed by atoms with Gasteiger partial charge in [0.25, 0.3) is 0 Å². The highest BCUT2D eigenvalue weighted by atomic mass is 35.5. The predicted molar refractivity (Wildman–Crippen MR) is 148 cm³/mol. The Bertz CT molecular complexity index is 1610. The number of likely N-dealkylation sites (tertiary alicyclic amines) is 1. The third-order valence-electron chi connectivity index (χ3n) is 7.43. The van der Waals surface area contributed by atoms with E-state index in [1.807, 2.05) is 4.57 Å². The molecule has 2 aliphatic rings. The highest BCUT2D eigenvalue weighted by molar-refractivity contribution is 6.30. The number of rotatable bonds is 10. The van der Waals surface area contributed by atoms with Gasteiger partial charge < -0.3 is 23.9 Å². The molecule has 4 heterocycles. The molecule has 10 nitrogen and oxygen atoms in total. The van der Waals surface area contributed by atoms with Crippen LogP contribution < -0.4 is 9.47 Å². The summed E-state index contributed by atoms with van der Waals surface area (Å²) in [6.45, 7) is 3.04. The number of aromatic nitrogens is 4. The molecule has 0 spiro atoms. The molecule has 0 bridgehead atoms. The maximum Gasteiger partial charge on any atom is 0.335 e. The number of imidazole rings is 1. The third kappa shape index (κ3) is 6.30. The summed E-state index contributed by atoms with van der Waals surface area (Å²) >= 11 is 5.79. The molecule has 4 aromatic rings. The molecular formula is C29H28ClF2N5O5. The van der Waals surface area contributed by atoms with Crippen LogP contribution in [0.4, 0.5) is 8.78 Å². The van der Waals surface area contributed by atoms with Crippen LogP contribution in [0.5, 0.6) is 11.6 Å². The maximum atomic E-state index is 14.8. The van der Waals surface area contributed by atoms with E-state index in [1.54, 1.807) is 18.3 Å². The zero-order valence-electron chi connectivity index (χ0n) is 22.5. The highest BCUT2D eigenvalue weighted by Crippen LogP contribution is 2.27. The van der Waals surface area contributed by atoms with E-state index in [0.717, 1.165) is 25.3 Å². The van der Waals surface area contributed by atoms with Crippen LogP contribution >= 0.6 is 11.6 Å². The first-order valence-electron chi connectivity index (χ1n) is 13.6. The standard InChI is InChI=1S/C29H28ClF2N5O5/c30-18-1-2-24(21(31)13-18)41-16-25-33-7-3-27(34-25)42-19-4-8-36(9-5-19)15-26-35-28-22(32)11-17(29(38)39)12-23(28)37(26)14-20-6-10-40-20/h1-3,7,11-13,19-20H,4-6,8-10,14-16H2,(H,38,39)/t20-/m0/s1. The van der Waals surface area contributed by atoms with E-state index in [0.29, 0.717) is 55.8 Å². The summed E-state index contributed by atoms with van der Waals surface area (Å²) < 4.78 is 47.9. The van der Waals surface area contributed by atoms with E-state index in [-0.39, 0.29) is 40.7 Å². The van der Waals surface area contributed by atoms with Crippen LogP contribution in [-0.4, -0.2) is 67.4 Å². The van der Waals surface area contributed by atoms with E-state index in [9.17, 15) is 18.7 Å². The van der Waals surface area contributed by atoms with Crippen molar-refractivity contribution in [1.82, 2.24) is 24.4 Å². The van der Waals surface area contributed by atoms with E-state index in [4.69, 9.17) is 25.8 Å². The quantitative estimate of drug-likeness (QED) is 0.273. The summed E-state index contributed by atoms with van der Waals surface area (Å²) in [6, 6.07) is 8.32. The topological polar surface area (TPSA) is 112 Å². The van der Waals surface area contributed by atoms with Crippen molar-refractivity contribution in [3.8, 4) is 11.6 Å². The van der Waals surface area contributed by atoms with Crippen LogP contribution in [0.25, 0.3) is 11.0 Å². The van der Waals surface area contributed by atoms with Gasteiger partial charge in [0.05, 0.1) is 30.3 Å². The Morgan fingerprint density at radius 1 is 1.10 bits per heavy atom. The average Bonchev–Trinajstić information content (AvgIpc) is 3.28. The molecule has 2 aromatic carbocycles. The number of nitrogens with zero attached hydrogens (tertiary/aromatic N) is 5. The number of aromatic carboxylic acids is 1. The number of fused-ring (bicyclic) bond motifs is 1. The number of halogens is 3. The van der Waals surface area contributed by atoms with Crippen molar-refractivity contribution in [2.24, 2.45) is 0 Å². The number of carboxylic acid groups (broad SMARTS) is 1. The molecule has 220 valence electrons. The van der Waals surface area contributed by atoms with Crippen LogP contribution in [0.1, 0.15) is 41.3 Å². The second kappa shape index (κ2) is 12.2. The molecule has 1 atom stereocenters. The van der Waals surface area contributed by atoms with Gasteiger partial charge in [0, 0.05) is 37.0 Å². The Balaban J connectivity index is 1.08. The molecule has 2 aromatic heterocycles. The normalized spacial score (nSPS) is 17.7. The number of hydrogen-bond donors (Lipinski definition) is 1. The first-order valence-corrected chi connectivity index (χ1v) is 14.0. The Labute approximate surface area is 244 Å². The van der Waals surface area contributed by atoms with Gasteiger partial charge in [-0.15, -0.1) is 0 Å². The molecule has 2 fully saturated rings. The van der Waals surface area contributed by atoms with Crippen molar-refractivity contribution < 1.29 is 32.9 Å². The van der Waals surface area contributed by atoms with Gasteiger partial charge in [-0.2, -0.15) is 4.98 Å². The maximum absolute atomic E-state index is 14.8. The molecule has 0 saturated carbocycles. The molecule has 6 rings (SSSR count). The van der Waals surface area contributed by atoms with Gasteiger partial charge in [-0.05, 0) is 49.6 Å². The van der Waals surface area contributed by atoms with Gasteiger partial charge in [-0.1, -0.05) is 11.6 Å². The smallest absolute Gasteiger partial charge is 0.335 e. The van der Waals surface area contributed by atoms with E-state index in [2.05, 4.69) is 19.9 Å². The monoisotopic (exact) mass is 599 g/mol. The Kier molecular flexibility index (Phi) is 8.18. The number of benzene rings is 2. The summed E-state index contributed by atoms with van der Waals surface area (Å²) in [4.78, 5) is 26.9. The number of piperidine rings is 1. The zero-order valence-corrected chi connectivity index (χ0v) is 23.3. The number of carboxylic acids is 1. The summed E-state index contributed by atoms with van der Waals surface area (Å²) in [5, 5.41) is 9.71. The van der Waals surface area contributed by atoms with Gasteiger partial charge in [0.2, 0.25) is 5.88 Å². The molecule has 0 aliphatic carbocycles. The van der Waals surface area contributed by atoms with Crippen molar-refractivity contribution in [3.63, 3.8) is 0 Å². The van der Waals surface area contributed by atoms with Crippen LogP contribution in [0.15, 0.2) is 42.6 Å².